The van der Waals surface area contributed by atoms with Gasteiger partial charge < -0.3 is 23.7 Å². The van der Waals surface area contributed by atoms with E-state index in [4.69, 9.17) is 23.7 Å². The number of unbranched alkanes of at least 4 members (excludes halogenated alkanes) is 1. The second kappa shape index (κ2) is 20.3. The van der Waals surface area contributed by atoms with Gasteiger partial charge in [-0.1, -0.05) is 80.3 Å². The molecule has 3 aromatic carbocycles. The smallest absolute Gasteiger partial charge is 0.333 e. The van der Waals surface area contributed by atoms with Crippen molar-refractivity contribution in [1.29, 1.82) is 0 Å². The molecule has 0 aliphatic heterocycles. The molecular formula is C41H46O8. The largest absolute Gasteiger partial charge is 0.494 e. The highest BCUT2D eigenvalue weighted by molar-refractivity contribution is 5.93. The molecule has 0 aromatic heterocycles. The average molecular weight is 667 g/mol. The zero-order chi connectivity index (χ0) is 34.7. The zero-order valence-corrected chi connectivity index (χ0v) is 28.1. The van der Waals surface area contributed by atoms with E-state index in [0.717, 1.165) is 65.5 Å². The number of hydrogen-bond acceptors (Lipinski definition) is 8. The molecule has 0 spiro atoms. The molecule has 8 nitrogen and oxygen atoms in total. The van der Waals surface area contributed by atoms with E-state index >= 15 is 0 Å². The van der Waals surface area contributed by atoms with Gasteiger partial charge in [0.1, 0.15) is 17.6 Å². The van der Waals surface area contributed by atoms with Gasteiger partial charge in [-0.25, -0.2) is 9.59 Å². The van der Waals surface area contributed by atoms with E-state index in [2.05, 4.69) is 49.6 Å². The molecule has 1 fully saturated rings. The summed E-state index contributed by atoms with van der Waals surface area (Å²) in [6.45, 7) is 8.56. The third-order valence-electron chi connectivity index (χ3n) is 7.95. The summed E-state index contributed by atoms with van der Waals surface area (Å²) in [6.07, 6.45) is 12.2. The Labute approximate surface area is 289 Å². The van der Waals surface area contributed by atoms with Crippen LogP contribution in [0.2, 0.25) is 0 Å². The highest BCUT2D eigenvalue weighted by Gasteiger charge is 2.20. The predicted molar refractivity (Wildman–Crippen MR) is 191 cm³/mol. The standard InChI is InChI=1S/C41H46O8/c1-3-39(42)47-29-9-28-46-36-22-16-33(17-23-36)13-12-32-14-18-34(19-15-32)35-20-24-37(25-21-35)45-26-7-8-27-48-41(44)31(2)30-40(43)49-38-10-5-4-6-11-38/h3,12-25,38H,1-2,4-11,26-30H2/b13-12+. The van der Waals surface area contributed by atoms with Crippen LogP contribution in [0.1, 0.15) is 68.9 Å². The maximum Gasteiger partial charge on any atom is 0.333 e. The molecule has 0 bridgehead atoms. The summed E-state index contributed by atoms with van der Waals surface area (Å²) < 4.78 is 27.2. The molecule has 1 aliphatic rings. The highest BCUT2D eigenvalue weighted by Crippen LogP contribution is 2.24. The normalized spacial score (nSPS) is 13.0. The van der Waals surface area contributed by atoms with E-state index in [1.807, 2.05) is 48.5 Å². The van der Waals surface area contributed by atoms with Crippen molar-refractivity contribution in [3.05, 3.63) is 109 Å². The second-order valence-electron chi connectivity index (χ2n) is 11.8. The van der Waals surface area contributed by atoms with Crippen molar-refractivity contribution < 1.29 is 38.1 Å². The van der Waals surface area contributed by atoms with Crippen LogP contribution in [0, 0.1) is 0 Å². The monoisotopic (exact) mass is 666 g/mol. The quantitative estimate of drug-likeness (QED) is 0.0413. The molecule has 0 saturated heterocycles. The van der Waals surface area contributed by atoms with Crippen LogP contribution in [-0.2, 0) is 28.6 Å². The molecular weight excluding hydrogens is 620 g/mol. The molecule has 0 unspecified atom stereocenters. The zero-order valence-electron chi connectivity index (χ0n) is 28.1. The van der Waals surface area contributed by atoms with Gasteiger partial charge in [-0.2, -0.15) is 0 Å². The van der Waals surface area contributed by atoms with Gasteiger partial charge in [0.15, 0.2) is 0 Å². The van der Waals surface area contributed by atoms with Crippen LogP contribution in [0.4, 0.5) is 0 Å². The van der Waals surface area contributed by atoms with Crippen molar-refractivity contribution in [2.24, 2.45) is 0 Å². The average Bonchev–Trinajstić information content (AvgIpc) is 3.13. The van der Waals surface area contributed by atoms with Crippen LogP contribution >= 0.6 is 0 Å². The van der Waals surface area contributed by atoms with Crippen molar-refractivity contribution in [1.82, 2.24) is 0 Å². The molecule has 0 heterocycles. The predicted octanol–water partition coefficient (Wildman–Crippen LogP) is 8.55. The fraction of sp³-hybridized carbons (Fsp3) is 0.341. The summed E-state index contributed by atoms with van der Waals surface area (Å²) in [4.78, 5) is 35.3. The van der Waals surface area contributed by atoms with Gasteiger partial charge in [-0.3, -0.25) is 4.79 Å². The molecule has 49 heavy (non-hydrogen) atoms. The Morgan fingerprint density at radius 1 is 0.653 bits per heavy atom. The number of ether oxygens (including phenoxy) is 5. The lowest BCUT2D eigenvalue weighted by atomic mass is 9.98. The number of carbonyl (C=O) groups is 3. The topological polar surface area (TPSA) is 97.4 Å². The minimum atomic E-state index is -0.558. The van der Waals surface area contributed by atoms with Crippen LogP contribution in [0.3, 0.4) is 0 Å². The first kappa shape index (κ1) is 36.7. The fourth-order valence-corrected chi connectivity index (χ4v) is 5.20. The summed E-state index contributed by atoms with van der Waals surface area (Å²) in [7, 11) is 0. The van der Waals surface area contributed by atoms with Gasteiger partial charge in [0, 0.05) is 18.1 Å². The molecule has 3 aromatic rings. The Kier molecular flexibility index (Phi) is 15.2. The first-order valence-corrected chi connectivity index (χ1v) is 17.0. The third-order valence-corrected chi connectivity index (χ3v) is 7.95. The van der Waals surface area contributed by atoms with Crippen molar-refractivity contribution in [2.75, 3.05) is 26.4 Å². The molecule has 0 amide bonds. The molecule has 0 atom stereocenters. The van der Waals surface area contributed by atoms with Crippen LogP contribution in [0.5, 0.6) is 11.5 Å². The van der Waals surface area contributed by atoms with Crippen molar-refractivity contribution in [2.45, 2.75) is 63.9 Å². The highest BCUT2D eigenvalue weighted by atomic mass is 16.5. The Balaban J connectivity index is 1.09. The first-order chi connectivity index (χ1) is 23.9. The lowest BCUT2D eigenvalue weighted by molar-refractivity contribution is -0.151. The van der Waals surface area contributed by atoms with Gasteiger partial charge in [0.05, 0.1) is 32.8 Å². The molecule has 1 saturated carbocycles. The minimum absolute atomic E-state index is 0.0399. The Bertz CT molecular complexity index is 1530. The van der Waals surface area contributed by atoms with Crippen LogP contribution in [0.15, 0.2) is 97.6 Å². The molecule has 0 radical (unpaired) electrons. The maximum absolute atomic E-state index is 12.2. The Morgan fingerprint density at radius 2 is 1.16 bits per heavy atom. The van der Waals surface area contributed by atoms with E-state index in [1.165, 1.54) is 6.42 Å². The number of hydrogen-bond donors (Lipinski definition) is 0. The molecule has 258 valence electrons. The summed E-state index contributed by atoms with van der Waals surface area (Å²) >= 11 is 0. The van der Waals surface area contributed by atoms with E-state index in [0.29, 0.717) is 39.1 Å². The van der Waals surface area contributed by atoms with E-state index < -0.39 is 17.9 Å². The van der Waals surface area contributed by atoms with Crippen molar-refractivity contribution >= 4 is 30.1 Å². The van der Waals surface area contributed by atoms with Crippen LogP contribution in [-0.4, -0.2) is 50.4 Å². The van der Waals surface area contributed by atoms with Crippen molar-refractivity contribution in [3.63, 3.8) is 0 Å². The fourth-order valence-electron chi connectivity index (χ4n) is 5.20. The van der Waals surface area contributed by atoms with E-state index in [-0.39, 0.29) is 24.7 Å². The number of esters is 3. The van der Waals surface area contributed by atoms with Gasteiger partial charge in [0.2, 0.25) is 0 Å². The minimum Gasteiger partial charge on any atom is -0.494 e. The first-order valence-electron chi connectivity index (χ1n) is 17.0. The van der Waals surface area contributed by atoms with Gasteiger partial charge in [0.25, 0.3) is 0 Å². The van der Waals surface area contributed by atoms with E-state index in [1.54, 1.807) is 0 Å². The lowest BCUT2D eigenvalue weighted by Crippen LogP contribution is -2.22. The summed E-state index contributed by atoms with van der Waals surface area (Å²) in [5, 5.41) is 0. The summed E-state index contributed by atoms with van der Waals surface area (Å²) in [6, 6.07) is 24.1. The summed E-state index contributed by atoms with van der Waals surface area (Å²) in [5.74, 6) is 0.141. The number of carbonyl (C=O) groups excluding carboxylic acids is 3. The van der Waals surface area contributed by atoms with Crippen LogP contribution in [0.25, 0.3) is 23.3 Å². The lowest BCUT2D eigenvalue weighted by Gasteiger charge is -2.21. The molecule has 4 rings (SSSR count). The Morgan fingerprint density at radius 3 is 1.78 bits per heavy atom. The number of rotatable bonds is 19. The summed E-state index contributed by atoms with van der Waals surface area (Å²) in [5.41, 5.74) is 4.46. The van der Waals surface area contributed by atoms with Crippen LogP contribution < -0.4 is 9.47 Å². The van der Waals surface area contributed by atoms with E-state index in [9.17, 15) is 14.4 Å². The van der Waals surface area contributed by atoms with Gasteiger partial charge in [-0.05, 0) is 85.0 Å². The second-order valence-corrected chi connectivity index (χ2v) is 11.8. The third kappa shape index (κ3) is 13.5. The Hall–Kier alpha value is -5.11. The number of benzene rings is 3. The van der Waals surface area contributed by atoms with Crippen molar-refractivity contribution in [3.8, 4) is 22.6 Å². The van der Waals surface area contributed by atoms with Gasteiger partial charge in [-0.15, -0.1) is 0 Å². The van der Waals surface area contributed by atoms with Gasteiger partial charge >= 0.3 is 17.9 Å². The SMILES string of the molecule is C=CC(=O)OCCCOc1ccc(/C=C/c2ccc(-c3ccc(OCCCCOC(=O)C(=C)CC(=O)OC4CCCCC4)cc3)cc2)cc1. The molecule has 0 N–H and O–H groups in total. The maximum atomic E-state index is 12.2. The molecule has 8 heteroatoms. The molecule has 1 aliphatic carbocycles.